The van der Waals surface area contributed by atoms with E-state index < -0.39 is 0 Å². The smallest absolute Gasteiger partial charge is 0.0426 e. The quantitative estimate of drug-likeness (QED) is 0.861. The van der Waals surface area contributed by atoms with Gasteiger partial charge in [0.15, 0.2) is 0 Å². The molecular formula is C17H20ClN3. The van der Waals surface area contributed by atoms with Crippen LogP contribution in [0.5, 0.6) is 0 Å². The fourth-order valence-electron chi connectivity index (χ4n) is 2.72. The van der Waals surface area contributed by atoms with Gasteiger partial charge in [-0.3, -0.25) is 0 Å². The molecular weight excluding hydrogens is 282 g/mol. The fourth-order valence-corrected chi connectivity index (χ4v) is 2.90. The van der Waals surface area contributed by atoms with Crippen LogP contribution >= 0.6 is 11.6 Å². The van der Waals surface area contributed by atoms with Gasteiger partial charge < -0.3 is 15.5 Å². The van der Waals surface area contributed by atoms with E-state index in [9.17, 15) is 0 Å². The summed E-state index contributed by atoms with van der Waals surface area (Å²) in [6.07, 6.45) is 0. The first-order chi connectivity index (χ1) is 10.1. The number of nitrogens with two attached hydrogens (primary N) is 1. The van der Waals surface area contributed by atoms with E-state index >= 15 is 0 Å². The molecule has 1 fully saturated rings. The molecule has 0 amide bonds. The molecule has 110 valence electrons. The van der Waals surface area contributed by atoms with Gasteiger partial charge in [-0.1, -0.05) is 23.7 Å². The van der Waals surface area contributed by atoms with Crippen LogP contribution in [0.3, 0.4) is 0 Å². The van der Waals surface area contributed by atoms with Crippen LogP contribution in [0.25, 0.3) is 0 Å². The van der Waals surface area contributed by atoms with Crippen molar-refractivity contribution >= 4 is 28.7 Å². The average molecular weight is 302 g/mol. The molecule has 1 saturated heterocycles. The Morgan fingerprint density at radius 3 is 2.10 bits per heavy atom. The van der Waals surface area contributed by atoms with E-state index in [4.69, 9.17) is 17.3 Å². The van der Waals surface area contributed by atoms with Crippen LogP contribution in [0, 0.1) is 6.92 Å². The van der Waals surface area contributed by atoms with E-state index in [1.54, 1.807) is 0 Å². The minimum atomic E-state index is 0.793. The summed E-state index contributed by atoms with van der Waals surface area (Å²) in [7, 11) is 0. The molecule has 1 aliphatic rings. The van der Waals surface area contributed by atoms with Crippen molar-refractivity contribution in [1.29, 1.82) is 0 Å². The van der Waals surface area contributed by atoms with Crippen LogP contribution in [0.2, 0.25) is 5.02 Å². The van der Waals surface area contributed by atoms with Crippen molar-refractivity contribution in [3.05, 3.63) is 53.1 Å². The number of rotatable bonds is 2. The molecule has 2 N–H and O–H groups in total. The third kappa shape index (κ3) is 3.08. The number of halogens is 1. The van der Waals surface area contributed by atoms with E-state index in [1.807, 2.05) is 25.1 Å². The zero-order valence-corrected chi connectivity index (χ0v) is 13.0. The van der Waals surface area contributed by atoms with Crippen molar-refractivity contribution in [3.63, 3.8) is 0 Å². The van der Waals surface area contributed by atoms with Crippen LogP contribution in [0.15, 0.2) is 42.5 Å². The lowest BCUT2D eigenvalue weighted by molar-refractivity contribution is 0.653. The molecule has 1 heterocycles. The van der Waals surface area contributed by atoms with Gasteiger partial charge in [0.25, 0.3) is 0 Å². The molecule has 0 atom stereocenters. The Morgan fingerprint density at radius 2 is 1.52 bits per heavy atom. The Labute approximate surface area is 130 Å². The monoisotopic (exact) mass is 301 g/mol. The minimum absolute atomic E-state index is 0.793. The highest BCUT2D eigenvalue weighted by molar-refractivity contribution is 6.30. The normalized spacial score (nSPS) is 15.3. The van der Waals surface area contributed by atoms with Crippen molar-refractivity contribution in [2.75, 3.05) is 41.7 Å². The number of hydrogen-bond donors (Lipinski definition) is 1. The summed E-state index contributed by atoms with van der Waals surface area (Å²) in [4.78, 5) is 4.76. The molecule has 0 unspecified atom stereocenters. The molecule has 3 nitrogen and oxygen atoms in total. The molecule has 0 radical (unpaired) electrons. The van der Waals surface area contributed by atoms with Crippen molar-refractivity contribution in [3.8, 4) is 0 Å². The van der Waals surface area contributed by atoms with Gasteiger partial charge in [0.1, 0.15) is 0 Å². The van der Waals surface area contributed by atoms with Crippen molar-refractivity contribution in [2.24, 2.45) is 0 Å². The number of hydrogen-bond acceptors (Lipinski definition) is 3. The summed E-state index contributed by atoms with van der Waals surface area (Å²) in [6, 6.07) is 14.4. The summed E-state index contributed by atoms with van der Waals surface area (Å²) >= 11 is 6.07. The summed E-state index contributed by atoms with van der Waals surface area (Å²) in [6.45, 7) is 6.02. The van der Waals surface area contributed by atoms with E-state index in [2.05, 4.69) is 34.1 Å². The minimum Gasteiger partial charge on any atom is -0.398 e. The largest absolute Gasteiger partial charge is 0.398 e. The highest BCUT2D eigenvalue weighted by Crippen LogP contribution is 2.25. The highest BCUT2D eigenvalue weighted by atomic mass is 35.5. The molecule has 21 heavy (non-hydrogen) atoms. The first kappa shape index (κ1) is 14.1. The molecule has 3 rings (SSSR count). The lowest BCUT2D eigenvalue weighted by Gasteiger charge is -2.37. The maximum atomic E-state index is 6.07. The van der Waals surface area contributed by atoms with E-state index in [1.165, 1.54) is 11.4 Å². The lowest BCUT2D eigenvalue weighted by Crippen LogP contribution is -2.46. The second-order valence-electron chi connectivity index (χ2n) is 5.49. The lowest BCUT2D eigenvalue weighted by atomic mass is 10.1. The first-order valence-corrected chi connectivity index (χ1v) is 7.63. The molecule has 2 aromatic rings. The van der Waals surface area contributed by atoms with Gasteiger partial charge in [-0.15, -0.1) is 0 Å². The second-order valence-corrected chi connectivity index (χ2v) is 5.93. The summed E-state index contributed by atoms with van der Waals surface area (Å²) in [5.41, 5.74) is 10.4. The molecule has 2 aromatic carbocycles. The predicted octanol–water partition coefficient (Wildman–Crippen LogP) is 3.56. The van der Waals surface area contributed by atoms with Gasteiger partial charge >= 0.3 is 0 Å². The van der Waals surface area contributed by atoms with Crippen molar-refractivity contribution in [2.45, 2.75) is 6.92 Å². The van der Waals surface area contributed by atoms with Gasteiger partial charge in [0, 0.05) is 48.3 Å². The first-order valence-electron chi connectivity index (χ1n) is 7.25. The number of benzene rings is 2. The van der Waals surface area contributed by atoms with Gasteiger partial charge in [-0.2, -0.15) is 0 Å². The Bertz CT molecular complexity index is 634. The van der Waals surface area contributed by atoms with Crippen LogP contribution in [-0.4, -0.2) is 26.2 Å². The van der Waals surface area contributed by atoms with Crippen molar-refractivity contribution < 1.29 is 0 Å². The zero-order valence-electron chi connectivity index (χ0n) is 12.2. The Hall–Kier alpha value is -1.87. The van der Waals surface area contributed by atoms with Crippen LogP contribution in [-0.2, 0) is 0 Å². The third-order valence-corrected chi connectivity index (χ3v) is 4.32. The second kappa shape index (κ2) is 5.86. The van der Waals surface area contributed by atoms with Gasteiger partial charge in [-0.25, -0.2) is 0 Å². The molecule has 0 aromatic heterocycles. The number of nitrogen functional groups attached to an aromatic ring is 1. The Balaban J connectivity index is 1.68. The summed E-state index contributed by atoms with van der Waals surface area (Å²) in [5.74, 6) is 0. The predicted molar refractivity (Wildman–Crippen MR) is 91.5 cm³/mol. The maximum Gasteiger partial charge on any atom is 0.0426 e. The number of aryl methyl sites for hydroxylation is 1. The number of piperazine rings is 1. The summed E-state index contributed by atoms with van der Waals surface area (Å²) < 4.78 is 0. The molecule has 0 bridgehead atoms. The fraction of sp³-hybridized carbons (Fsp3) is 0.294. The highest BCUT2D eigenvalue weighted by Gasteiger charge is 2.18. The SMILES string of the molecule is Cc1ccc(N2CCN(c3cccc(Cl)c3)CC2)cc1N. The van der Waals surface area contributed by atoms with Gasteiger partial charge in [-0.05, 0) is 42.8 Å². The topological polar surface area (TPSA) is 32.5 Å². The average Bonchev–Trinajstić information content (AvgIpc) is 2.50. The standard InChI is InChI=1S/C17H20ClN3/c1-13-5-6-16(12-17(13)19)21-9-7-20(8-10-21)15-4-2-3-14(18)11-15/h2-6,11-12H,7-10,19H2,1H3. The van der Waals surface area contributed by atoms with Crippen LogP contribution in [0.4, 0.5) is 17.1 Å². The molecule has 1 aliphatic heterocycles. The maximum absolute atomic E-state index is 6.07. The van der Waals surface area contributed by atoms with Gasteiger partial charge in [0.2, 0.25) is 0 Å². The van der Waals surface area contributed by atoms with E-state index in [0.29, 0.717) is 0 Å². The number of anilines is 3. The molecule has 0 aliphatic carbocycles. The summed E-state index contributed by atoms with van der Waals surface area (Å²) in [5, 5.41) is 0.793. The Kier molecular flexibility index (Phi) is 3.93. The van der Waals surface area contributed by atoms with Gasteiger partial charge in [0.05, 0.1) is 0 Å². The van der Waals surface area contributed by atoms with E-state index in [0.717, 1.165) is 42.5 Å². The van der Waals surface area contributed by atoms with Crippen LogP contribution in [0.1, 0.15) is 5.56 Å². The van der Waals surface area contributed by atoms with Crippen molar-refractivity contribution in [1.82, 2.24) is 0 Å². The Morgan fingerprint density at radius 1 is 0.905 bits per heavy atom. The molecule has 4 heteroatoms. The molecule has 0 spiro atoms. The zero-order chi connectivity index (χ0) is 14.8. The number of nitrogens with zero attached hydrogens (tertiary/aromatic N) is 2. The molecule has 0 saturated carbocycles. The van der Waals surface area contributed by atoms with E-state index in [-0.39, 0.29) is 0 Å². The van der Waals surface area contributed by atoms with Crippen LogP contribution < -0.4 is 15.5 Å². The third-order valence-electron chi connectivity index (χ3n) is 4.08.